The topological polar surface area (TPSA) is 32.3 Å². The number of hydrogen-bond donors (Lipinski definition) is 2. The Hall–Kier alpha value is -0.520. The highest BCUT2D eigenvalue weighted by Gasteiger charge is 2.19. The van der Waals surface area contributed by atoms with Crippen LogP contribution in [0.5, 0.6) is 0 Å². The summed E-state index contributed by atoms with van der Waals surface area (Å²) in [6.45, 7) is 5.04. The van der Waals surface area contributed by atoms with E-state index in [4.69, 9.17) is 0 Å². The van der Waals surface area contributed by atoms with Crippen LogP contribution >= 0.6 is 28.6 Å². The number of likely N-dealkylation sites (N-methyl/N-ethyl adjacent to an activating group) is 1. The second kappa shape index (κ2) is 7.31. The maximum atomic E-state index is 12.3. The maximum Gasteiger partial charge on any atom is 0.252 e. The number of amides is 1. The number of carbonyl (C=O) groups is 1. The highest BCUT2D eigenvalue weighted by Crippen LogP contribution is 2.20. The molecule has 5 heteroatoms. The van der Waals surface area contributed by atoms with E-state index in [9.17, 15) is 4.79 Å². The molecule has 0 heterocycles. The molecule has 0 saturated carbocycles. The van der Waals surface area contributed by atoms with Crippen molar-refractivity contribution in [1.82, 2.24) is 10.2 Å². The average Bonchev–Trinajstić information content (AvgIpc) is 2.30. The number of nitrogens with one attached hydrogen (secondary N) is 1. The molecule has 1 N–H and O–H groups in total. The molecule has 0 bridgehead atoms. The first kappa shape index (κ1) is 16.5. The van der Waals surface area contributed by atoms with Gasteiger partial charge in [-0.1, -0.05) is 13.8 Å². The molecule has 1 rings (SSSR count). The van der Waals surface area contributed by atoms with Crippen molar-refractivity contribution in [2.45, 2.75) is 24.8 Å². The number of hydrogen-bond acceptors (Lipinski definition) is 3. The van der Waals surface area contributed by atoms with E-state index in [1.54, 1.807) is 6.07 Å². The van der Waals surface area contributed by atoms with Crippen molar-refractivity contribution in [1.29, 1.82) is 0 Å². The third-order valence-corrected chi connectivity index (χ3v) is 3.85. The molecule has 3 nitrogen and oxygen atoms in total. The average molecular weight is 345 g/mol. The normalized spacial score (nSPS) is 12.8. The van der Waals surface area contributed by atoms with Crippen LogP contribution in [0.4, 0.5) is 0 Å². The van der Waals surface area contributed by atoms with Gasteiger partial charge in [-0.2, -0.15) is 0 Å². The highest BCUT2D eigenvalue weighted by atomic mass is 79.9. The fourth-order valence-corrected chi connectivity index (χ4v) is 2.38. The smallest absolute Gasteiger partial charge is 0.252 e. The predicted molar refractivity (Wildman–Crippen MR) is 86.0 cm³/mol. The summed E-state index contributed by atoms with van der Waals surface area (Å²) in [6.07, 6.45) is 0. The molecule has 0 aliphatic carbocycles. The lowest BCUT2D eigenvalue weighted by Gasteiger charge is -2.25. The van der Waals surface area contributed by atoms with Crippen molar-refractivity contribution < 1.29 is 4.79 Å². The van der Waals surface area contributed by atoms with Gasteiger partial charge >= 0.3 is 0 Å². The van der Waals surface area contributed by atoms with Gasteiger partial charge in [0.2, 0.25) is 0 Å². The second-order valence-electron chi connectivity index (χ2n) is 5.25. The summed E-state index contributed by atoms with van der Waals surface area (Å²) in [5.41, 5.74) is 0.622. The zero-order valence-electron chi connectivity index (χ0n) is 11.8. The molecule has 1 aromatic rings. The zero-order chi connectivity index (χ0) is 14.6. The molecular weight excluding hydrogens is 324 g/mol. The molecule has 106 valence electrons. The van der Waals surface area contributed by atoms with Gasteiger partial charge in [0.15, 0.2) is 0 Å². The van der Waals surface area contributed by atoms with E-state index in [-0.39, 0.29) is 11.9 Å². The zero-order valence-corrected chi connectivity index (χ0v) is 14.3. The van der Waals surface area contributed by atoms with Crippen LogP contribution in [0.1, 0.15) is 24.2 Å². The lowest BCUT2D eigenvalue weighted by Crippen LogP contribution is -2.45. The maximum absolute atomic E-state index is 12.3. The Morgan fingerprint density at radius 2 is 2.05 bits per heavy atom. The second-order valence-corrected chi connectivity index (χ2v) is 6.62. The van der Waals surface area contributed by atoms with Gasteiger partial charge in [-0.05, 0) is 54.1 Å². The van der Waals surface area contributed by atoms with E-state index >= 15 is 0 Å². The Balaban J connectivity index is 2.84. The minimum atomic E-state index is -0.0664. The van der Waals surface area contributed by atoms with Crippen molar-refractivity contribution in [2.75, 3.05) is 20.6 Å². The molecule has 1 unspecified atom stereocenters. The van der Waals surface area contributed by atoms with Crippen LogP contribution < -0.4 is 5.32 Å². The molecule has 1 atom stereocenters. The van der Waals surface area contributed by atoms with Crippen LogP contribution in [0.3, 0.4) is 0 Å². The lowest BCUT2D eigenvalue weighted by molar-refractivity contribution is 0.0915. The quantitative estimate of drug-likeness (QED) is 0.804. The summed E-state index contributed by atoms with van der Waals surface area (Å²) in [7, 11) is 4.01. The Morgan fingerprint density at radius 3 is 2.58 bits per heavy atom. The number of halogens is 1. The number of carbonyl (C=O) groups excluding carboxylic acids is 1. The lowest BCUT2D eigenvalue weighted by atomic mass is 10.0. The van der Waals surface area contributed by atoms with Crippen molar-refractivity contribution >= 4 is 34.5 Å². The Morgan fingerprint density at radius 1 is 1.42 bits per heavy atom. The predicted octanol–water partition coefficient (Wildman–Crippen LogP) is 3.05. The van der Waals surface area contributed by atoms with Gasteiger partial charge in [-0.25, -0.2) is 0 Å². The third kappa shape index (κ3) is 5.16. The Bertz CT molecular complexity index is 449. The summed E-state index contributed by atoms with van der Waals surface area (Å²) >= 11 is 7.68. The largest absolute Gasteiger partial charge is 0.348 e. The number of thiol groups is 1. The molecule has 0 aliphatic heterocycles. The van der Waals surface area contributed by atoms with E-state index in [1.807, 2.05) is 26.2 Å². The van der Waals surface area contributed by atoms with E-state index < -0.39 is 0 Å². The van der Waals surface area contributed by atoms with Gasteiger partial charge in [0.05, 0.1) is 5.56 Å². The summed E-state index contributed by atoms with van der Waals surface area (Å²) in [5.74, 6) is 0.313. The SMILES string of the molecule is CC(C)C(CN(C)C)NC(=O)c1cc(S)ccc1Br. The van der Waals surface area contributed by atoms with Crippen LogP contribution in [-0.4, -0.2) is 37.5 Å². The minimum Gasteiger partial charge on any atom is -0.348 e. The first-order valence-corrected chi connectivity index (χ1v) is 7.49. The number of nitrogens with zero attached hydrogens (tertiary/aromatic N) is 1. The first-order valence-electron chi connectivity index (χ1n) is 6.25. The van der Waals surface area contributed by atoms with Gasteiger partial charge in [-0.15, -0.1) is 12.6 Å². The third-order valence-electron chi connectivity index (χ3n) is 2.88. The molecule has 0 fully saturated rings. The molecule has 1 amide bonds. The molecule has 0 aliphatic rings. The fraction of sp³-hybridized carbons (Fsp3) is 0.500. The van der Waals surface area contributed by atoms with E-state index in [0.29, 0.717) is 11.5 Å². The van der Waals surface area contributed by atoms with Crippen molar-refractivity contribution in [3.8, 4) is 0 Å². The summed E-state index contributed by atoms with van der Waals surface area (Å²) in [4.78, 5) is 15.2. The van der Waals surface area contributed by atoms with Crippen molar-refractivity contribution in [3.05, 3.63) is 28.2 Å². The van der Waals surface area contributed by atoms with Crippen LogP contribution in [-0.2, 0) is 0 Å². The standard InChI is InChI=1S/C14H21BrN2OS/c1-9(2)13(8-17(3)4)16-14(18)11-7-10(19)5-6-12(11)15/h5-7,9,13,19H,8H2,1-4H3,(H,16,18). The number of benzene rings is 1. The molecule has 0 aromatic heterocycles. The van der Waals surface area contributed by atoms with Gasteiger partial charge in [0.25, 0.3) is 5.91 Å². The first-order chi connectivity index (χ1) is 8.81. The highest BCUT2D eigenvalue weighted by molar-refractivity contribution is 9.10. The van der Waals surface area contributed by atoms with E-state index in [0.717, 1.165) is 15.9 Å². The number of rotatable bonds is 5. The van der Waals surface area contributed by atoms with E-state index in [1.165, 1.54) is 0 Å². The molecule has 0 spiro atoms. The Labute approximate surface area is 129 Å². The van der Waals surface area contributed by atoms with Crippen LogP contribution in [0.25, 0.3) is 0 Å². The van der Waals surface area contributed by atoms with Gasteiger partial charge in [0, 0.05) is 22.0 Å². The molecule has 0 radical (unpaired) electrons. The summed E-state index contributed by atoms with van der Waals surface area (Å²) < 4.78 is 0.787. The molecule has 19 heavy (non-hydrogen) atoms. The van der Waals surface area contributed by atoms with Gasteiger partial charge in [0.1, 0.15) is 0 Å². The van der Waals surface area contributed by atoms with Crippen LogP contribution in [0.15, 0.2) is 27.6 Å². The summed E-state index contributed by atoms with van der Waals surface area (Å²) in [5, 5.41) is 3.09. The minimum absolute atomic E-state index is 0.0664. The van der Waals surface area contributed by atoms with Crippen LogP contribution in [0.2, 0.25) is 0 Å². The molecular formula is C14H21BrN2OS. The molecule has 1 aromatic carbocycles. The van der Waals surface area contributed by atoms with Gasteiger partial charge in [-0.3, -0.25) is 4.79 Å². The van der Waals surface area contributed by atoms with Crippen molar-refractivity contribution in [2.24, 2.45) is 5.92 Å². The summed E-state index contributed by atoms with van der Waals surface area (Å²) in [6, 6.07) is 5.59. The fourth-order valence-electron chi connectivity index (χ4n) is 1.75. The molecule has 0 saturated heterocycles. The van der Waals surface area contributed by atoms with Crippen LogP contribution in [0, 0.1) is 5.92 Å². The van der Waals surface area contributed by atoms with Gasteiger partial charge < -0.3 is 10.2 Å². The monoisotopic (exact) mass is 344 g/mol. The van der Waals surface area contributed by atoms with E-state index in [2.05, 4.69) is 52.6 Å². The Kier molecular flexibility index (Phi) is 6.36. The van der Waals surface area contributed by atoms with Crippen molar-refractivity contribution in [3.63, 3.8) is 0 Å².